The summed E-state index contributed by atoms with van der Waals surface area (Å²) in [5, 5.41) is 19.1. The second-order valence-corrected chi connectivity index (χ2v) is 10.4. The molecule has 1 atom stereocenters. The molecular formula is C29H23F2N5O4S. The third-order valence-corrected chi connectivity index (χ3v) is 7.64. The van der Waals surface area contributed by atoms with E-state index in [-0.39, 0.29) is 47.4 Å². The van der Waals surface area contributed by atoms with Crippen LogP contribution in [0.4, 0.5) is 8.78 Å². The summed E-state index contributed by atoms with van der Waals surface area (Å²) in [6, 6.07) is 11.7. The topological polar surface area (TPSA) is 123 Å². The predicted octanol–water partition coefficient (Wildman–Crippen LogP) is 5.49. The van der Waals surface area contributed by atoms with Crippen molar-refractivity contribution in [2.24, 2.45) is 0 Å². The molecule has 2 N–H and O–H groups in total. The SMILES string of the molecule is N=Cc1csc(COc2cccc(-c3cc(F)c(Cc4nc5ccc(C(=O)O)cc5n4C[C@@H]4CCO4)cc3F)n2)n1. The number of carboxylic acid groups (broad SMARTS) is 1. The van der Waals surface area contributed by atoms with E-state index >= 15 is 8.78 Å². The minimum Gasteiger partial charge on any atom is -0.478 e. The number of thiazole rings is 1. The number of benzene rings is 2. The Hall–Kier alpha value is -4.55. The molecule has 0 bridgehead atoms. The zero-order valence-electron chi connectivity index (χ0n) is 21.5. The zero-order chi connectivity index (χ0) is 28.5. The maximum atomic E-state index is 15.4. The van der Waals surface area contributed by atoms with Gasteiger partial charge in [0.25, 0.3) is 0 Å². The van der Waals surface area contributed by atoms with E-state index in [1.54, 1.807) is 29.6 Å². The number of nitrogens with zero attached hydrogens (tertiary/aromatic N) is 4. The van der Waals surface area contributed by atoms with Crippen molar-refractivity contribution in [3.63, 3.8) is 0 Å². The predicted molar refractivity (Wildman–Crippen MR) is 148 cm³/mol. The molecule has 5 aromatic rings. The molecular weight excluding hydrogens is 552 g/mol. The highest BCUT2D eigenvalue weighted by Crippen LogP contribution is 2.29. The number of ether oxygens (including phenoxy) is 2. The van der Waals surface area contributed by atoms with Crippen molar-refractivity contribution < 1.29 is 28.2 Å². The quantitative estimate of drug-likeness (QED) is 0.211. The Labute approximate surface area is 236 Å². The van der Waals surface area contributed by atoms with Gasteiger partial charge >= 0.3 is 5.97 Å². The number of rotatable bonds is 10. The van der Waals surface area contributed by atoms with Crippen LogP contribution in [0.1, 0.15) is 38.9 Å². The Morgan fingerprint density at radius 3 is 2.76 bits per heavy atom. The zero-order valence-corrected chi connectivity index (χ0v) is 22.3. The molecule has 0 saturated carbocycles. The van der Waals surface area contributed by atoms with E-state index in [2.05, 4.69) is 15.0 Å². The van der Waals surface area contributed by atoms with Gasteiger partial charge in [0.05, 0.1) is 40.6 Å². The van der Waals surface area contributed by atoms with Crippen LogP contribution < -0.4 is 4.74 Å². The molecule has 0 aliphatic carbocycles. The summed E-state index contributed by atoms with van der Waals surface area (Å²) < 4.78 is 43.9. The second-order valence-electron chi connectivity index (χ2n) is 9.49. The van der Waals surface area contributed by atoms with Gasteiger partial charge in [-0.15, -0.1) is 11.3 Å². The van der Waals surface area contributed by atoms with Crippen LogP contribution in [-0.4, -0.2) is 49.5 Å². The lowest BCUT2D eigenvalue weighted by atomic mass is 10.0. The number of hydrogen-bond acceptors (Lipinski definition) is 8. The number of aromatic nitrogens is 4. The van der Waals surface area contributed by atoms with E-state index in [1.165, 1.54) is 23.5 Å². The highest BCUT2D eigenvalue weighted by Gasteiger charge is 2.23. The molecule has 12 heteroatoms. The van der Waals surface area contributed by atoms with E-state index in [0.29, 0.717) is 40.7 Å². The molecule has 1 aliphatic heterocycles. The molecule has 0 spiro atoms. The standard InChI is InChI=1S/C29H23F2N5O4S/c30-21-11-20(23-2-1-3-27(35-23)40-14-28-33-18(12-32)15-41-28)22(31)8-17(21)10-26-34-24-5-4-16(29(37)38)9-25(24)36(26)13-19-6-7-39-19/h1-5,8-9,11-12,15,19,32H,6-7,10,13-14H2,(H,37,38)/t19-/m0/s1. The van der Waals surface area contributed by atoms with E-state index in [9.17, 15) is 9.90 Å². The van der Waals surface area contributed by atoms with Crippen LogP contribution in [0.3, 0.4) is 0 Å². The van der Waals surface area contributed by atoms with Crippen LogP contribution in [0.2, 0.25) is 0 Å². The van der Waals surface area contributed by atoms with Gasteiger partial charge in [0, 0.05) is 36.3 Å². The number of carboxylic acids is 1. The van der Waals surface area contributed by atoms with Crippen molar-refractivity contribution in [2.45, 2.75) is 32.1 Å². The van der Waals surface area contributed by atoms with Crippen LogP contribution >= 0.6 is 11.3 Å². The summed E-state index contributed by atoms with van der Waals surface area (Å²) >= 11 is 1.35. The van der Waals surface area contributed by atoms with Crippen molar-refractivity contribution in [1.29, 1.82) is 5.41 Å². The molecule has 1 saturated heterocycles. The lowest BCUT2D eigenvalue weighted by Gasteiger charge is -2.27. The molecule has 0 unspecified atom stereocenters. The van der Waals surface area contributed by atoms with Crippen molar-refractivity contribution in [1.82, 2.24) is 19.5 Å². The summed E-state index contributed by atoms with van der Waals surface area (Å²) in [6.45, 7) is 1.20. The fourth-order valence-corrected chi connectivity index (χ4v) is 5.27. The summed E-state index contributed by atoms with van der Waals surface area (Å²) in [6.07, 6.45) is 1.93. The number of aromatic carboxylic acids is 1. The molecule has 0 amide bonds. The van der Waals surface area contributed by atoms with E-state index in [1.807, 2.05) is 4.57 Å². The first-order valence-electron chi connectivity index (χ1n) is 12.7. The Kier molecular flexibility index (Phi) is 7.25. The summed E-state index contributed by atoms with van der Waals surface area (Å²) in [5.41, 5.74) is 2.11. The number of hydrogen-bond donors (Lipinski definition) is 2. The molecule has 41 heavy (non-hydrogen) atoms. The number of imidazole rings is 1. The van der Waals surface area contributed by atoms with Gasteiger partial charge in [-0.25, -0.2) is 28.5 Å². The first kappa shape index (κ1) is 26.7. The third-order valence-electron chi connectivity index (χ3n) is 6.80. The van der Waals surface area contributed by atoms with Crippen LogP contribution in [0.5, 0.6) is 5.88 Å². The van der Waals surface area contributed by atoms with Gasteiger partial charge in [0.1, 0.15) is 29.1 Å². The highest BCUT2D eigenvalue weighted by molar-refractivity contribution is 7.09. The lowest BCUT2D eigenvalue weighted by molar-refractivity contribution is -0.0589. The van der Waals surface area contributed by atoms with Crippen LogP contribution in [0.25, 0.3) is 22.3 Å². The van der Waals surface area contributed by atoms with E-state index in [4.69, 9.17) is 14.9 Å². The number of fused-ring (bicyclic) bond motifs is 1. The second kappa shape index (κ2) is 11.1. The van der Waals surface area contributed by atoms with Crippen LogP contribution in [0, 0.1) is 17.0 Å². The average Bonchev–Trinajstić information content (AvgIpc) is 3.55. The number of carbonyl (C=O) groups is 1. The third kappa shape index (κ3) is 5.56. The van der Waals surface area contributed by atoms with Gasteiger partial charge in [0.2, 0.25) is 5.88 Å². The molecule has 208 valence electrons. The normalized spacial score (nSPS) is 14.6. The van der Waals surface area contributed by atoms with Gasteiger partial charge in [-0.3, -0.25) is 0 Å². The van der Waals surface area contributed by atoms with Crippen molar-refractivity contribution in [3.05, 3.63) is 93.2 Å². The lowest BCUT2D eigenvalue weighted by Crippen LogP contribution is -2.31. The van der Waals surface area contributed by atoms with E-state index in [0.717, 1.165) is 24.8 Å². The molecule has 1 aliphatic rings. The first-order valence-corrected chi connectivity index (χ1v) is 13.6. The summed E-state index contributed by atoms with van der Waals surface area (Å²) in [7, 11) is 0. The van der Waals surface area contributed by atoms with Gasteiger partial charge in [0.15, 0.2) is 0 Å². The highest BCUT2D eigenvalue weighted by atomic mass is 32.1. The Balaban J connectivity index is 1.27. The molecule has 4 heterocycles. The summed E-state index contributed by atoms with van der Waals surface area (Å²) in [4.78, 5) is 24.7. The van der Waals surface area contributed by atoms with Gasteiger partial charge < -0.3 is 24.6 Å². The van der Waals surface area contributed by atoms with E-state index < -0.39 is 17.6 Å². The summed E-state index contributed by atoms with van der Waals surface area (Å²) in [5.74, 6) is -1.63. The number of nitrogens with one attached hydrogen (secondary N) is 1. The monoisotopic (exact) mass is 575 g/mol. The smallest absolute Gasteiger partial charge is 0.335 e. The minimum atomic E-state index is -1.06. The van der Waals surface area contributed by atoms with Crippen LogP contribution in [-0.2, 0) is 24.3 Å². The maximum absolute atomic E-state index is 15.4. The largest absolute Gasteiger partial charge is 0.478 e. The fraction of sp³-hybridized carbons (Fsp3) is 0.207. The minimum absolute atomic E-state index is 0.00499. The Bertz CT molecular complexity index is 1780. The van der Waals surface area contributed by atoms with Crippen molar-refractivity contribution >= 4 is 34.6 Å². The molecule has 3 aromatic heterocycles. The first-order chi connectivity index (χ1) is 19.9. The molecule has 0 radical (unpaired) electrons. The van der Waals surface area contributed by atoms with Crippen molar-refractivity contribution in [3.8, 4) is 17.1 Å². The molecule has 2 aromatic carbocycles. The molecule has 1 fully saturated rings. The molecule has 6 rings (SSSR count). The van der Waals surface area contributed by atoms with Gasteiger partial charge in [-0.2, -0.15) is 0 Å². The van der Waals surface area contributed by atoms with Crippen molar-refractivity contribution in [2.75, 3.05) is 6.61 Å². The Morgan fingerprint density at radius 1 is 1.17 bits per heavy atom. The number of pyridine rings is 1. The maximum Gasteiger partial charge on any atom is 0.335 e. The van der Waals surface area contributed by atoms with Crippen LogP contribution in [0.15, 0.2) is 53.9 Å². The van der Waals surface area contributed by atoms with Gasteiger partial charge in [-0.1, -0.05) is 6.07 Å². The fourth-order valence-electron chi connectivity index (χ4n) is 4.61. The molecule has 9 nitrogen and oxygen atoms in total. The Morgan fingerprint density at radius 2 is 2.02 bits per heavy atom. The number of halogens is 2. The average molecular weight is 576 g/mol. The van der Waals surface area contributed by atoms with Gasteiger partial charge in [-0.05, 0) is 48.4 Å².